The zero-order valence-electron chi connectivity index (χ0n) is 12.8. The van der Waals surface area contributed by atoms with Crippen molar-refractivity contribution in [3.05, 3.63) is 42.5 Å². The number of H-pyrrole nitrogens is 1. The van der Waals surface area contributed by atoms with Gasteiger partial charge in [-0.3, -0.25) is 4.79 Å². The molecule has 1 aromatic heterocycles. The third-order valence-electron chi connectivity index (χ3n) is 3.78. The van der Waals surface area contributed by atoms with E-state index in [1.807, 2.05) is 6.92 Å². The Balaban J connectivity index is 0.000000406. The molecular weight excluding hydrogens is 284 g/mol. The standard InChI is InChI=1S/C13H18O4.C3H4N2/c1-3-4-7-10-9(11(14)15)6-5-8-13(10,2)12(16)17;1-2-5-3-4-1/h5-6,8,10H,3-4,7H2,1-2H3,(H,14,15)(H,16,17);1-3H,(H,4,5). The van der Waals surface area contributed by atoms with Gasteiger partial charge in [-0.2, -0.15) is 0 Å². The Kier molecular flexibility index (Phi) is 6.56. The summed E-state index contributed by atoms with van der Waals surface area (Å²) in [5.41, 5.74) is -0.914. The number of imidazole rings is 1. The molecule has 3 N–H and O–H groups in total. The third-order valence-corrected chi connectivity index (χ3v) is 3.78. The highest BCUT2D eigenvalue weighted by Crippen LogP contribution is 2.41. The Morgan fingerprint density at radius 1 is 1.41 bits per heavy atom. The molecule has 2 atom stereocenters. The fraction of sp³-hybridized carbons (Fsp3) is 0.438. The molecule has 0 radical (unpaired) electrons. The van der Waals surface area contributed by atoms with Crippen LogP contribution in [0.25, 0.3) is 0 Å². The Morgan fingerprint density at radius 3 is 2.55 bits per heavy atom. The number of carboxylic acid groups (broad SMARTS) is 2. The van der Waals surface area contributed by atoms with E-state index in [-0.39, 0.29) is 5.57 Å². The number of carbonyl (C=O) groups is 2. The largest absolute Gasteiger partial charge is 0.481 e. The topological polar surface area (TPSA) is 103 Å². The summed E-state index contributed by atoms with van der Waals surface area (Å²) in [6, 6.07) is 0. The number of nitrogens with zero attached hydrogens (tertiary/aromatic N) is 1. The predicted molar refractivity (Wildman–Crippen MR) is 82.2 cm³/mol. The Bertz CT molecular complexity index is 531. The van der Waals surface area contributed by atoms with Gasteiger partial charge < -0.3 is 15.2 Å². The van der Waals surface area contributed by atoms with Crippen LogP contribution in [0.1, 0.15) is 33.1 Å². The van der Waals surface area contributed by atoms with Crippen LogP contribution in [0.5, 0.6) is 0 Å². The van der Waals surface area contributed by atoms with Crippen LogP contribution < -0.4 is 0 Å². The summed E-state index contributed by atoms with van der Waals surface area (Å²) in [6.07, 6.45) is 12.0. The van der Waals surface area contributed by atoms with Gasteiger partial charge in [-0.05, 0) is 13.3 Å². The Morgan fingerprint density at radius 2 is 2.14 bits per heavy atom. The van der Waals surface area contributed by atoms with Crippen molar-refractivity contribution in [1.29, 1.82) is 0 Å². The minimum atomic E-state index is -1.11. The van der Waals surface area contributed by atoms with E-state index in [1.165, 1.54) is 12.2 Å². The maximum Gasteiger partial charge on any atom is 0.331 e. The minimum Gasteiger partial charge on any atom is -0.481 e. The smallest absolute Gasteiger partial charge is 0.331 e. The normalized spacial score (nSPS) is 23.2. The lowest BCUT2D eigenvalue weighted by molar-refractivity contribution is -0.148. The van der Waals surface area contributed by atoms with Gasteiger partial charge in [0.05, 0.1) is 11.7 Å². The maximum atomic E-state index is 11.3. The first-order valence-corrected chi connectivity index (χ1v) is 7.22. The van der Waals surface area contributed by atoms with Crippen molar-refractivity contribution in [2.75, 3.05) is 0 Å². The quantitative estimate of drug-likeness (QED) is 0.776. The first-order valence-electron chi connectivity index (χ1n) is 7.22. The van der Waals surface area contributed by atoms with Gasteiger partial charge >= 0.3 is 11.9 Å². The molecule has 2 unspecified atom stereocenters. The lowest BCUT2D eigenvalue weighted by Crippen LogP contribution is -2.38. The van der Waals surface area contributed by atoms with Gasteiger partial charge in [-0.1, -0.05) is 38.0 Å². The second-order valence-corrected chi connectivity index (χ2v) is 5.33. The molecule has 0 bridgehead atoms. The summed E-state index contributed by atoms with van der Waals surface area (Å²) in [6.45, 7) is 3.59. The fourth-order valence-corrected chi connectivity index (χ4v) is 2.43. The van der Waals surface area contributed by atoms with Gasteiger partial charge in [-0.15, -0.1) is 0 Å². The van der Waals surface area contributed by atoms with E-state index >= 15 is 0 Å². The number of hydrogen-bond acceptors (Lipinski definition) is 3. The highest BCUT2D eigenvalue weighted by atomic mass is 16.4. The number of aromatic nitrogens is 2. The zero-order valence-corrected chi connectivity index (χ0v) is 12.8. The van der Waals surface area contributed by atoms with Crippen LogP contribution in [-0.2, 0) is 9.59 Å². The van der Waals surface area contributed by atoms with Crippen molar-refractivity contribution >= 4 is 11.9 Å². The van der Waals surface area contributed by atoms with Crippen LogP contribution in [0.15, 0.2) is 42.5 Å². The van der Waals surface area contributed by atoms with Gasteiger partial charge in [-0.25, -0.2) is 9.78 Å². The highest BCUT2D eigenvalue weighted by molar-refractivity contribution is 5.91. The lowest BCUT2D eigenvalue weighted by atomic mass is 9.68. The summed E-state index contributed by atoms with van der Waals surface area (Å²) in [4.78, 5) is 28.9. The fourth-order valence-electron chi connectivity index (χ4n) is 2.43. The van der Waals surface area contributed by atoms with Gasteiger partial charge in [0.2, 0.25) is 0 Å². The molecule has 1 heterocycles. The van der Waals surface area contributed by atoms with E-state index in [1.54, 1.807) is 31.7 Å². The molecule has 0 saturated heterocycles. The predicted octanol–water partition coefficient (Wildman–Crippen LogP) is 2.87. The van der Waals surface area contributed by atoms with Crippen LogP contribution in [-0.4, -0.2) is 32.1 Å². The van der Waals surface area contributed by atoms with Crippen molar-refractivity contribution in [2.24, 2.45) is 11.3 Å². The number of hydrogen-bond donors (Lipinski definition) is 3. The zero-order chi connectivity index (χ0) is 16.6. The summed E-state index contributed by atoms with van der Waals surface area (Å²) < 4.78 is 0. The average molecular weight is 306 g/mol. The van der Waals surface area contributed by atoms with Crippen LogP contribution >= 0.6 is 0 Å². The molecule has 0 aliphatic heterocycles. The van der Waals surface area contributed by atoms with Crippen molar-refractivity contribution in [1.82, 2.24) is 9.97 Å². The van der Waals surface area contributed by atoms with Crippen LogP contribution in [0, 0.1) is 11.3 Å². The van der Waals surface area contributed by atoms with E-state index < -0.39 is 23.3 Å². The average Bonchev–Trinajstić information content (AvgIpc) is 3.05. The van der Waals surface area contributed by atoms with Crippen molar-refractivity contribution in [3.8, 4) is 0 Å². The molecule has 0 aromatic carbocycles. The summed E-state index contributed by atoms with van der Waals surface area (Å²) in [5.74, 6) is -2.45. The number of nitrogens with one attached hydrogen (secondary N) is 1. The molecule has 2 rings (SSSR count). The SMILES string of the molecule is CCCCC1C(C(=O)O)=CC=CC1(C)C(=O)O.c1c[nH]cn1. The number of allylic oxidation sites excluding steroid dienone is 2. The molecule has 6 nitrogen and oxygen atoms in total. The van der Waals surface area contributed by atoms with Crippen LogP contribution in [0.2, 0.25) is 0 Å². The molecule has 1 aromatic rings. The molecular formula is C16H22N2O4. The van der Waals surface area contributed by atoms with Crippen LogP contribution in [0.3, 0.4) is 0 Å². The molecule has 1 aliphatic rings. The van der Waals surface area contributed by atoms with E-state index in [0.29, 0.717) is 6.42 Å². The molecule has 120 valence electrons. The van der Waals surface area contributed by atoms with Crippen molar-refractivity contribution in [2.45, 2.75) is 33.1 Å². The number of carboxylic acids is 2. The molecule has 0 spiro atoms. The van der Waals surface area contributed by atoms with E-state index in [4.69, 9.17) is 5.11 Å². The monoisotopic (exact) mass is 306 g/mol. The summed E-state index contributed by atoms with van der Waals surface area (Å²) >= 11 is 0. The third kappa shape index (κ3) is 4.31. The molecule has 0 saturated carbocycles. The Hall–Kier alpha value is -2.37. The van der Waals surface area contributed by atoms with Gasteiger partial charge in [0.25, 0.3) is 0 Å². The molecule has 6 heteroatoms. The number of aromatic amines is 1. The van der Waals surface area contributed by atoms with Gasteiger partial charge in [0, 0.05) is 23.9 Å². The second kappa shape index (κ2) is 8.17. The molecule has 0 fully saturated rings. The number of rotatable bonds is 5. The number of aliphatic carboxylic acids is 2. The van der Waals surface area contributed by atoms with E-state index in [9.17, 15) is 14.7 Å². The van der Waals surface area contributed by atoms with E-state index in [2.05, 4.69) is 9.97 Å². The van der Waals surface area contributed by atoms with Crippen molar-refractivity contribution in [3.63, 3.8) is 0 Å². The summed E-state index contributed by atoms with van der Waals surface area (Å²) in [5, 5.41) is 18.4. The first-order chi connectivity index (χ1) is 10.4. The maximum absolute atomic E-state index is 11.3. The van der Waals surface area contributed by atoms with Gasteiger partial charge in [0.15, 0.2) is 0 Å². The van der Waals surface area contributed by atoms with E-state index in [0.717, 1.165) is 12.8 Å². The first kappa shape index (κ1) is 17.7. The number of unbranched alkanes of at least 4 members (excludes halogenated alkanes) is 1. The molecule has 0 amide bonds. The molecule has 22 heavy (non-hydrogen) atoms. The minimum absolute atomic E-state index is 0.200. The van der Waals surface area contributed by atoms with Gasteiger partial charge in [0.1, 0.15) is 0 Å². The highest BCUT2D eigenvalue weighted by Gasteiger charge is 2.43. The Labute approximate surface area is 129 Å². The second-order valence-electron chi connectivity index (χ2n) is 5.33. The van der Waals surface area contributed by atoms with Crippen LogP contribution in [0.4, 0.5) is 0 Å². The summed E-state index contributed by atoms with van der Waals surface area (Å²) in [7, 11) is 0. The molecule has 1 aliphatic carbocycles. The van der Waals surface area contributed by atoms with Crippen molar-refractivity contribution < 1.29 is 19.8 Å². The lowest BCUT2D eigenvalue weighted by Gasteiger charge is -2.34.